The highest BCUT2D eigenvalue weighted by Crippen LogP contribution is 2.27. The second-order valence-corrected chi connectivity index (χ2v) is 5.13. The van der Waals surface area contributed by atoms with Crippen LogP contribution in [0, 0.1) is 5.92 Å². The second kappa shape index (κ2) is 6.64. The number of nitrogens with one attached hydrogen (secondary N) is 1. The van der Waals surface area contributed by atoms with Crippen molar-refractivity contribution >= 4 is 5.69 Å². The third-order valence-electron chi connectivity index (χ3n) is 3.48. The van der Waals surface area contributed by atoms with Gasteiger partial charge in [-0.05, 0) is 49.4 Å². The molecule has 0 spiro atoms. The van der Waals surface area contributed by atoms with Crippen LogP contribution in [-0.4, -0.2) is 26.4 Å². The van der Waals surface area contributed by atoms with Crippen molar-refractivity contribution in [1.82, 2.24) is 0 Å². The molecule has 2 unspecified atom stereocenters. The first-order chi connectivity index (χ1) is 8.78. The SMILES string of the molecule is COCCOc1ccc(NC2CCC(C)C2)cc1. The highest BCUT2D eigenvalue weighted by molar-refractivity contribution is 5.47. The summed E-state index contributed by atoms with van der Waals surface area (Å²) >= 11 is 0. The number of anilines is 1. The van der Waals surface area contributed by atoms with Gasteiger partial charge in [-0.2, -0.15) is 0 Å². The van der Waals surface area contributed by atoms with Crippen molar-refractivity contribution in [1.29, 1.82) is 0 Å². The molecule has 0 aliphatic heterocycles. The van der Waals surface area contributed by atoms with E-state index in [0.29, 0.717) is 19.3 Å². The van der Waals surface area contributed by atoms with Crippen molar-refractivity contribution in [2.75, 3.05) is 25.6 Å². The molecule has 1 aromatic carbocycles. The molecule has 1 aromatic rings. The third kappa shape index (κ3) is 3.91. The van der Waals surface area contributed by atoms with Gasteiger partial charge >= 0.3 is 0 Å². The first-order valence-corrected chi connectivity index (χ1v) is 6.76. The number of benzene rings is 1. The zero-order chi connectivity index (χ0) is 12.8. The Labute approximate surface area is 109 Å². The number of methoxy groups -OCH3 is 1. The standard InChI is InChI=1S/C15H23NO2/c1-12-3-4-14(11-12)16-13-5-7-15(8-6-13)18-10-9-17-2/h5-8,12,14,16H,3-4,9-11H2,1-2H3. The van der Waals surface area contributed by atoms with Crippen molar-refractivity contribution in [3.8, 4) is 5.75 Å². The van der Waals surface area contributed by atoms with Crippen LogP contribution in [0.5, 0.6) is 5.75 Å². The Bertz CT molecular complexity index is 350. The second-order valence-electron chi connectivity index (χ2n) is 5.13. The molecule has 0 aromatic heterocycles. The molecular weight excluding hydrogens is 226 g/mol. The Morgan fingerprint density at radius 3 is 2.56 bits per heavy atom. The fourth-order valence-electron chi connectivity index (χ4n) is 2.46. The topological polar surface area (TPSA) is 30.5 Å². The molecule has 1 saturated carbocycles. The van der Waals surface area contributed by atoms with Crippen LogP contribution in [0.2, 0.25) is 0 Å². The molecule has 1 aliphatic carbocycles. The lowest BCUT2D eigenvalue weighted by Crippen LogP contribution is -2.15. The number of rotatable bonds is 6. The predicted octanol–water partition coefficient (Wildman–Crippen LogP) is 3.31. The molecule has 18 heavy (non-hydrogen) atoms. The summed E-state index contributed by atoms with van der Waals surface area (Å²) in [6.07, 6.45) is 3.91. The molecule has 0 radical (unpaired) electrons. The van der Waals surface area contributed by atoms with Crippen LogP contribution in [-0.2, 0) is 4.74 Å². The molecular formula is C15H23NO2. The lowest BCUT2D eigenvalue weighted by molar-refractivity contribution is 0.146. The van der Waals surface area contributed by atoms with E-state index < -0.39 is 0 Å². The fourth-order valence-corrected chi connectivity index (χ4v) is 2.46. The average molecular weight is 249 g/mol. The van der Waals surface area contributed by atoms with E-state index in [4.69, 9.17) is 9.47 Å². The van der Waals surface area contributed by atoms with Gasteiger partial charge in [0.15, 0.2) is 0 Å². The maximum absolute atomic E-state index is 5.54. The Morgan fingerprint density at radius 1 is 1.17 bits per heavy atom. The van der Waals surface area contributed by atoms with E-state index >= 15 is 0 Å². The lowest BCUT2D eigenvalue weighted by Gasteiger charge is -2.14. The van der Waals surface area contributed by atoms with E-state index in [1.54, 1.807) is 7.11 Å². The quantitative estimate of drug-likeness (QED) is 0.785. The number of hydrogen-bond acceptors (Lipinski definition) is 3. The van der Waals surface area contributed by atoms with E-state index in [9.17, 15) is 0 Å². The summed E-state index contributed by atoms with van der Waals surface area (Å²) in [5.74, 6) is 1.76. The highest BCUT2D eigenvalue weighted by Gasteiger charge is 2.20. The number of hydrogen-bond donors (Lipinski definition) is 1. The molecule has 3 nitrogen and oxygen atoms in total. The molecule has 0 heterocycles. The van der Waals surface area contributed by atoms with E-state index in [2.05, 4.69) is 24.4 Å². The van der Waals surface area contributed by atoms with Gasteiger partial charge in [0.05, 0.1) is 6.61 Å². The Kier molecular flexibility index (Phi) is 4.88. The van der Waals surface area contributed by atoms with Gasteiger partial charge in [-0.3, -0.25) is 0 Å². The summed E-state index contributed by atoms with van der Waals surface area (Å²) < 4.78 is 10.5. The van der Waals surface area contributed by atoms with Gasteiger partial charge in [0.1, 0.15) is 12.4 Å². The summed E-state index contributed by atoms with van der Waals surface area (Å²) in [7, 11) is 1.68. The fraction of sp³-hybridized carbons (Fsp3) is 0.600. The maximum Gasteiger partial charge on any atom is 0.119 e. The van der Waals surface area contributed by atoms with Gasteiger partial charge in [-0.25, -0.2) is 0 Å². The molecule has 1 N–H and O–H groups in total. The molecule has 100 valence electrons. The normalized spacial score (nSPS) is 23.0. The first kappa shape index (κ1) is 13.2. The zero-order valence-electron chi connectivity index (χ0n) is 11.3. The minimum Gasteiger partial charge on any atom is -0.491 e. The summed E-state index contributed by atoms with van der Waals surface area (Å²) in [6.45, 7) is 3.55. The minimum absolute atomic E-state index is 0.601. The molecule has 0 amide bonds. The van der Waals surface area contributed by atoms with Crippen LogP contribution in [0.4, 0.5) is 5.69 Å². The Morgan fingerprint density at radius 2 is 1.94 bits per heavy atom. The third-order valence-corrected chi connectivity index (χ3v) is 3.48. The Hall–Kier alpha value is -1.22. The van der Waals surface area contributed by atoms with Crippen molar-refractivity contribution in [2.24, 2.45) is 5.92 Å². The molecule has 1 aliphatic rings. The largest absolute Gasteiger partial charge is 0.491 e. The van der Waals surface area contributed by atoms with Crippen molar-refractivity contribution in [2.45, 2.75) is 32.2 Å². The van der Waals surface area contributed by atoms with Crippen LogP contribution in [0.1, 0.15) is 26.2 Å². The van der Waals surface area contributed by atoms with Gasteiger partial charge in [0.25, 0.3) is 0 Å². The van der Waals surface area contributed by atoms with Gasteiger partial charge in [-0.15, -0.1) is 0 Å². The molecule has 0 saturated heterocycles. The van der Waals surface area contributed by atoms with Gasteiger partial charge in [-0.1, -0.05) is 6.92 Å². The van der Waals surface area contributed by atoms with Crippen LogP contribution < -0.4 is 10.1 Å². The minimum atomic E-state index is 0.601. The smallest absolute Gasteiger partial charge is 0.119 e. The molecule has 2 rings (SSSR count). The van der Waals surface area contributed by atoms with Crippen LogP contribution >= 0.6 is 0 Å². The van der Waals surface area contributed by atoms with E-state index in [0.717, 1.165) is 11.7 Å². The summed E-state index contributed by atoms with van der Waals surface area (Å²) in [5, 5.41) is 3.59. The van der Waals surface area contributed by atoms with Gasteiger partial charge < -0.3 is 14.8 Å². The number of ether oxygens (including phenoxy) is 2. The average Bonchev–Trinajstić information content (AvgIpc) is 2.77. The van der Waals surface area contributed by atoms with Gasteiger partial charge in [0.2, 0.25) is 0 Å². The summed E-state index contributed by atoms with van der Waals surface area (Å²) in [6, 6.07) is 8.84. The molecule has 2 atom stereocenters. The van der Waals surface area contributed by atoms with Crippen molar-refractivity contribution < 1.29 is 9.47 Å². The predicted molar refractivity (Wildman–Crippen MR) is 74.2 cm³/mol. The zero-order valence-corrected chi connectivity index (χ0v) is 11.3. The lowest BCUT2D eigenvalue weighted by atomic mass is 10.1. The van der Waals surface area contributed by atoms with Crippen LogP contribution in [0.25, 0.3) is 0 Å². The van der Waals surface area contributed by atoms with Crippen molar-refractivity contribution in [3.05, 3.63) is 24.3 Å². The van der Waals surface area contributed by atoms with E-state index in [1.807, 2.05) is 12.1 Å². The highest BCUT2D eigenvalue weighted by atomic mass is 16.5. The molecule has 1 fully saturated rings. The summed E-state index contributed by atoms with van der Waals surface area (Å²) in [5.41, 5.74) is 1.19. The molecule has 0 bridgehead atoms. The van der Waals surface area contributed by atoms with E-state index in [-0.39, 0.29) is 0 Å². The first-order valence-electron chi connectivity index (χ1n) is 6.76. The van der Waals surface area contributed by atoms with E-state index in [1.165, 1.54) is 24.9 Å². The van der Waals surface area contributed by atoms with Crippen LogP contribution in [0.15, 0.2) is 24.3 Å². The maximum atomic E-state index is 5.54. The van der Waals surface area contributed by atoms with Gasteiger partial charge in [0, 0.05) is 18.8 Å². The molecule has 3 heteroatoms. The van der Waals surface area contributed by atoms with Crippen LogP contribution in [0.3, 0.4) is 0 Å². The van der Waals surface area contributed by atoms with Crippen molar-refractivity contribution in [3.63, 3.8) is 0 Å². The monoisotopic (exact) mass is 249 g/mol. The summed E-state index contributed by atoms with van der Waals surface area (Å²) in [4.78, 5) is 0. The Balaban J connectivity index is 1.80.